The third-order valence-corrected chi connectivity index (χ3v) is 2.81. The zero-order valence-corrected chi connectivity index (χ0v) is 13.5. The molecule has 0 aliphatic carbocycles. The van der Waals surface area contributed by atoms with Crippen molar-refractivity contribution in [2.24, 2.45) is 5.92 Å². The highest BCUT2D eigenvalue weighted by Crippen LogP contribution is 2.24. The van der Waals surface area contributed by atoms with Crippen molar-refractivity contribution in [3.05, 3.63) is 12.1 Å². The molecule has 1 heterocycles. The number of hydrogen-bond donors (Lipinski definition) is 2. The predicted molar refractivity (Wildman–Crippen MR) is 86.2 cm³/mol. The van der Waals surface area contributed by atoms with E-state index in [-0.39, 0.29) is 5.60 Å². The summed E-state index contributed by atoms with van der Waals surface area (Å²) in [4.78, 5) is 4.43. The fourth-order valence-corrected chi connectivity index (χ4v) is 1.82. The average Bonchev–Trinajstić information content (AvgIpc) is 2.30. The van der Waals surface area contributed by atoms with Gasteiger partial charge < -0.3 is 15.8 Å². The molecule has 1 aromatic heterocycles. The van der Waals surface area contributed by atoms with Crippen molar-refractivity contribution in [3.8, 4) is 5.88 Å². The second kappa shape index (κ2) is 7.36. The van der Waals surface area contributed by atoms with Gasteiger partial charge in [-0.1, -0.05) is 26.7 Å². The molecule has 0 atom stereocenters. The number of rotatable bonds is 7. The molecule has 0 unspecified atom stereocenters. The van der Waals surface area contributed by atoms with E-state index in [0.717, 1.165) is 24.7 Å². The Balaban J connectivity index is 2.49. The summed E-state index contributed by atoms with van der Waals surface area (Å²) >= 11 is 0. The number of anilines is 2. The lowest BCUT2D eigenvalue weighted by molar-refractivity contribution is 0.125. The van der Waals surface area contributed by atoms with E-state index < -0.39 is 0 Å². The van der Waals surface area contributed by atoms with Crippen molar-refractivity contribution >= 4 is 11.5 Å². The van der Waals surface area contributed by atoms with Gasteiger partial charge in [-0.05, 0) is 45.2 Å². The molecule has 0 amide bonds. The number of nitrogens with zero attached hydrogens (tertiary/aromatic N) is 1. The predicted octanol–water partition coefficient (Wildman–Crippen LogP) is 4.08. The fourth-order valence-electron chi connectivity index (χ4n) is 1.82. The molecule has 0 saturated heterocycles. The Morgan fingerprint density at radius 2 is 1.95 bits per heavy atom. The molecule has 0 aliphatic rings. The van der Waals surface area contributed by atoms with Gasteiger partial charge in [-0.15, -0.1) is 0 Å². The van der Waals surface area contributed by atoms with Crippen LogP contribution in [0.15, 0.2) is 12.1 Å². The van der Waals surface area contributed by atoms with Gasteiger partial charge in [0.05, 0.1) is 5.69 Å². The molecule has 0 saturated carbocycles. The van der Waals surface area contributed by atoms with E-state index in [0.29, 0.717) is 11.6 Å². The standard InChI is InChI=1S/C16H29N3O/c1-12(2)8-6-7-11-18-14-10-9-13(17)15(19-14)20-16(3,4)5/h9-10,12H,6-8,11,17H2,1-5H3,(H,18,19). The normalized spacial score (nSPS) is 11.7. The molecular formula is C16H29N3O. The van der Waals surface area contributed by atoms with Crippen LogP contribution >= 0.6 is 0 Å². The van der Waals surface area contributed by atoms with Crippen LogP contribution in [0.5, 0.6) is 5.88 Å². The summed E-state index contributed by atoms with van der Waals surface area (Å²) in [5.74, 6) is 2.10. The van der Waals surface area contributed by atoms with Crippen LogP contribution < -0.4 is 15.8 Å². The summed E-state index contributed by atoms with van der Waals surface area (Å²) in [6.45, 7) is 11.4. The molecule has 4 nitrogen and oxygen atoms in total. The van der Waals surface area contributed by atoms with Crippen molar-refractivity contribution in [1.29, 1.82) is 0 Å². The third kappa shape index (κ3) is 6.64. The van der Waals surface area contributed by atoms with Crippen molar-refractivity contribution in [2.75, 3.05) is 17.6 Å². The number of hydrogen-bond acceptors (Lipinski definition) is 4. The lowest BCUT2D eigenvalue weighted by Crippen LogP contribution is -2.24. The maximum absolute atomic E-state index is 5.89. The highest BCUT2D eigenvalue weighted by Gasteiger charge is 2.15. The van der Waals surface area contributed by atoms with E-state index in [1.807, 2.05) is 32.9 Å². The van der Waals surface area contributed by atoms with Gasteiger partial charge in [0, 0.05) is 6.54 Å². The Hall–Kier alpha value is -1.45. The topological polar surface area (TPSA) is 60.2 Å². The minimum atomic E-state index is -0.295. The first kappa shape index (κ1) is 16.6. The van der Waals surface area contributed by atoms with Gasteiger partial charge in [0.1, 0.15) is 11.4 Å². The Morgan fingerprint density at radius 3 is 2.55 bits per heavy atom. The zero-order valence-electron chi connectivity index (χ0n) is 13.5. The maximum Gasteiger partial charge on any atom is 0.239 e. The molecule has 4 heteroatoms. The molecule has 1 rings (SSSR count). The minimum absolute atomic E-state index is 0.295. The number of nitrogen functional groups attached to an aromatic ring is 1. The molecule has 3 N–H and O–H groups in total. The highest BCUT2D eigenvalue weighted by atomic mass is 16.5. The first-order valence-electron chi connectivity index (χ1n) is 7.47. The van der Waals surface area contributed by atoms with Crippen LogP contribution in [0.3, 0.4) is 0 Å². The maximum atomic E-state index is 5.89. The van der Waals surface area contributed by atoms with Crippen LogP contribution in [0.4, 0.5) is 11.5 Å². The van der Waals surface area contributed by atoms with Crippen LogP contribution in [0, 0.1) is 5.92 Å². The van der Waals surface area contributed by atoms with Gasteiger partial charge >= 0.3 is 0 Å². The quantitative estimate of drug-likeness (QED) is 0.738. The first-order chi connectivity index (χ1) is 9.28. The lowest BCUT2D eigenvalue weighted by Gasteiger charge is -2.21. The minimum Gasteiger partial charge on any atom is -0.470 e. The Bertz CT molecular complexity index is 411. The summed E-state index contributed by atoms with van der Waals surface area (Å²) in [5.41, 5.74) is 6.17. The lowest BCUT2D eigenvalue weighted by atomic mass is 10.1. The molecule has 0 bridgehead atoms. The molecule has 0 aromatic carbocycles. The smallest absolute Gasteiger partial charge is 0.239 e. The molecule has 0 aliphatic heterocycles. The molecular weight excluding hydrogens is 250 g/mol. The van der Waals surface area contributed by atoms with Crippen LogP contribution in [0.25, 0.3) is 0 Å². The molecule has 114 valence electrons. The third-order valence-electron chi connectivity index (χ3n) is 2.81. The van der Waals surface area contributed by atoms with Gasteiger partial charge in [0.15, 0.2) is 0 Å². The van der Waals surface area contributed by atoms with Crippen LogP contribution in [-0.4, -0.2) is 17.1 Å². The largest absolute Gasteiger partial charge is 0.470 e. The van der Waals surface area contributed by atoms with Gasteiger partial charge in [0.2, 0.25) is 5.88 Å². The van der Waals surface area contributed by atoms with Crippen LogP contribution in [0.2, 0.25) is 0 Å². The van der Waals surface area contributed by atoms with Gasteiger partial charge in [0.25, 0.3) is 0 Å². The van der Waals surface area contributed by atoms with Crippen molar-refractivity contribution in [3.63, 3.8) is 0 Å². The number of pyridine rings is 1. The van der Waals surface area contributed by atoms with E-state index in [9.17, 15) is 0 Å². The number of nitrogens with one attached hydrogen (secondary N) is 1. The summed E-state index contributed by atoms with van der Waals surface area (Å²) in [5, 5.41) is 3.33. The summed E-state index contributed by atoms with van der Waals surface area (Å²) in [7, 11) is 0. The SMILES string of the molecule is CC(C)CCCCNc1ccc(N)c(OC(C)(C)C)n1. The van der Waals surface area contributed by atoms with E-state index in [1.165, 1.54) is 12.8 Å². The first-order valence-corrected chi connectivity index (χ1v) is 7.47. The zero-order chi connectivity index (χ0) is 15.2. The van der Waals surface area contributed by atoms with E-state index in [2.05, 4.69) is 24.1 Å². The second-order valence-electron chi connectivity index (χ2n) is 6.62. The molecule has 0 radical (unpaired) electrons. The van der Waals surface area contributed by atoms with Crippen LogP contribution in [0.1, 0.15) is 53.9 Å². The monoisotopic (exact) mass is 279 g/mol. The summed E-state index contributed by atoms with van der Waals surface area (Å²) < 4.78 is 5.76. The number of nitrogens with two attached hydrogens (primary N) is 1. The molecule has 1 aromatic rings. The van der Waals surface area contributed by atoms with Crippen molar-refractivity contribution in [2.45, 2.75) is 59.5 Å². The second-order valence-corrected chi connectivity index (χ2v) is 6.62. The van der Waals surface area contributed by atoms with E-state index in [4.69, 9.17) is 10.5 Å². The summed E-state index contributed by atoms with van der Waals surface area (Å²) in [6, 6.07) is 3.73. The van der Waals surface area contributed by atoms with E-state index >= 15 is 0 Å². The molecule has 20 heavy (non-hydrogen) atoms. The van der Waals surface area contributed by atoms with Crippen molar-refractivity contribution in [1.82, 2.24) is 4.98 Å². The van der Waals surface area contributed by atoms with Gasteiger partial charge in [-0.25, -0.2) is 0 Å². The Kier molecular flexibility index (Phi) is 6.11. The van der Waals surface area contributed by atoms with Crippen molar-refractivity contribution < 1.29 is 4.74 Å². The van der Waals surface area contributed by atoms with Gasteiger partial charge in [-0.2, -0.15) is 4.98 Å². The fraction of sp³-hybridized carbons (Fsp3) is 0.688. The molecule has 0 spiro atoms. The highest BCUT2D eigenvalue weighted by molar-refractivity contribution is 5.53. The Morgan fingerprint density at radius 1 is 1.25 bits per heavy atom. The summed E-state index contributed by atoms with van der Waals surface area (Å²) in [6.07, 6.45) is 3.67. The van der Waals surface area contributed by atoms with Crippen LogP contribution in [-0.2, 0) is 0 Å². The number of ether oxygens (including phenoxy) is 1. The van der Waals surface area contributed by atoms with Gasteiger partial charge in [-0.3, -0.25) is 0 Å². The van der Waals surface area contributed by atoms with E-state index in [1.54, 1.807) is 0 Å². The number of aromatic nitrogens is 1. The number of unbranched alkanes of at least 4 members (excludes halogenated alkanes) is 1. The molecule has 0 fully saturated rings. The Labute approximate surface area is 123 Å². The average molecular weight is 279 g/mol.